The lowest BCUT2D eigenvalue weighted by Crippen LogP contribution is -2.35. The van der Waals surface area contributed by atoms with Crippen LogP contribution in [-0.4, -0.2) is 102 Å². The third kappa shape index (κ3) is 11.6. The fourth-order valence-corrected chi connectivity index (χ4v) is 7.49. The highest BCUT2D eigenvalue weighted by molar-refractivity contribution is 5.85. The Kier molecular flexibility index (Phi) is 16.0. The summed E-state index contributed by atoms with van der Waals surface area (Å²) in [6.45, 7) is 2.89. The summed E-state index contributed by atoms with van der Waals surface area (Å²) in [5.41, 5.74) is 8.92. The number of carboxylic acids is 1. The molecule has 0 saturated heterocycles. The molecular formula is C46H51NO11. The molecule has 1 atom stereocenters. The number of esters is 2. The number of ether oxygens (including phenoxy) is 6. The van der Waals surface area contributed by atoms with E-state index in [-0.39, 0.29) is 76.4 Å². The van der Waals surface area contributed by atoms with Crippen LogP contribution in [0.1, 0.15) is 59.8 Å². The van der Waals surface area contributed by atoms with Crippen LogP contribution in [0.5, 0.6) is 0 Å². The highest BCUT2D eigenvalue weighted by Gasteiger charge is 2.32. The molecule has 2 aliphatic carbocycles. The highest BCUT2D eigenvalue weighted by atomic mass is 16.6. The minimum absolute atomic E-state index is 0.0416. The third-order valence-electron chi connectivity index (χ3n) is 10.3. The summed E-state index contributed by atoms with van der Waals surface area (Å²) < 4.78 is 33.3. The number of benzene rings is 4. The summed E-state index contributed by atoms with van der Waals surface area (Å²) in [4.78, 5) is 50.5. The number of carbonyl (C=O) groups is 4. The fraction of sp³-hybridized carbons (Fsp3) is 0.391. The lowest BCUT2D eigenvalue weighted by atomic mass is 9.97. The molecule has 0 saturated carbocycles. The molecule has 58 heavy (non-hydrogen) atoms. The number of carboxylic acid groups (broad SMARTS) is 1. The number of carbonyl (C=O) groups excluding carboxylic acids is 3. The minimum Gasteiger partial charge on any atom is -0.481 e. The van der Waals surface area contributed by atoms with Crippen LogP contribution in [-0.2, 0) is 47.6 Å². The average molecular weight is 794 g/mol. The van der Waals surface area contributed by atoms with Crippen molar-refractivity contribution in [2.75, 3.05) is 72.6 Å². The van der Waals surface area contributed by atoms with Crippen molar-refractivity contribution < 1.29 is 52.7 Å². The summed E-state index contributed by atoms with van der Waals surface area (Å²) in [6.07, 6.45) is -0.167. The second-order valence-corrected chi connectivity index (χ2v) is 14.1. The minimum atomic E-state index is -0.905. The smallest absolute Gasteiger partial charge is 0.306 e. The van der Waals surface area contributed by atoms with E-state index < -0.39 is 23.8 Å². The van der Waals surface area contributed by atoms with Crippen LogP contribution in [0.2, 0.25) is 0 Å². The van der Waals surface area contributed by atoms with Crippen molar-refractivity contribution in [1.29, 1.82) is 0 Å². The number of rotatable bonds is 25. The zero-order chi connectivity index (χ0) is 40.5. The molecule has 1 amide bonds. The Labute approximate surface area is 338 Å². The van der Waals surface area contributed by atoms with Crippen molar-refractivity contribution in [2.24, 2.45) is 5.92 Å². The summed E-state index contributed by atoms with van der Waals surface area (Å²) in [6, 6.07) is 32.4. The molecule has 4 aromatic carbocycles. The molecule has 6 rings (SSSR count). The van der Waals surface area contributed by atoms with Gasteiger partial charge in [-0.05, 0) is 50.9 Å². The van der Waals surface area contributed by atoms with E-state index >= 15 is 0 Å². The lowest BCUT2D eigenvalue weighted by molar-refractivity contribution is -0.149. The van der Waals surface area contributed by atoms with Gasteiger partial charge in [0.1, 0.15) is 13.2 Å². The largest absolute Gasteiger partial charge is 0.481 e. The van der Waals surface area contributed by atoms with E-state index in [1.54, 1.807) is 0 Å². The van der Waals surface area contributed by atoms with Crippen LogP contribution in [0.3, 0.4) is 0 Å². The predicted octanol–water partition coefficient (Wildman–Crippen LogP) is 6.14. The molecule has 4 aromatic rings. The Bertz CT molecular complexity index is 1910. The maximum atomic E-state index is 13.5. The molecule has 0 aliphatic heterocycles. The average Bonchev–Trinajstić information content (AvgIpc) is 3.74. The maximum Gasteiger partial charge on any atom is 0.306 e. The second-order valence-electron chi connectivity index (χ2n) is 14.1. The zero-order valence-corrected chi connectivity index (χ0v) is 32.6. The number of hydrogen-bond acceptors (Lipinski definition) is 10. The van der Waals surface area contributed by atoms with E-state index in [1.165, 1.54) is 0 Å². The SMILES string of the molecule is O=C(O)CCOCCOCCOCCOCCNC(=O)[C@H](CCC(=O)OCC1c2ccccc2-c2ccccc21)CC(=O)OCC1c2ccccc2-c2ccccc21. The predicted molar refractivity (Wildman–Crippen MR) is 215 cm³/mol. The van der Waals surface area contributed by atoms with E-state index in [9.17, 15) is 19.2 Å². The van der Waals surface area contributed by atoms with E-state index in [0.717, 1.165) is 44.5 Å². The Morgan fingerprint density at radius 1 is 0.517 bits per heavy atom. The van der Waals surface area contributed by atoms with Gasteiger partial charge < -0.3 is 38.8 Å². The number of nitrogens with one attached hydrogen (secondary N) is 1. The molecular weight excluding hydrogens is 743 g/mol. The first-order chi connectivity index (χ1) is 28.4. The van der Waals surface area contributed by atoms with Crippen molar-refractivity contribution in [2.45, 2.75) is 37.5 Å². The van der Waals surface area contributed by atoms with E-state index in [0.29, 0.717) is 39.6 Å². The quantitative estimate of drug-likeness (QED) is 0.0587. The zero-order valence-electron chi connectivity index (χ0n) is 32.6. The summed E-state index contributed by atoms with van der Waals surface area (Å²) in [5, 5.41) is 11.5. The fourth-order valence-electron chi connectivity index (χ4n) is 7.49. The van der Waals surface area contributed by atoms with Crippen LogP contribution in [0.25, 0.3) is 22.3 Å². The lowest BCUT2D eigenvalue weighted by Gasteiger charge is -2.19. The van der Waals surface area contributed by atoms with Gasteiger partial charge in [-0.25, -0.2) is 0 Å². The first-order valence-corrected chi connectivity index (χ1v) is 19.9. The molecule has 0 heterocycles. The van der Waals surface area contributed by atoms with Gasteiger partial charge in [0.25, 0.3) is 0 Å². The van der Waals surface area contributed by atoms with Gasteiger partial charge in [0.2, 0.25) is 5.91 Å². The molecule has 12 nitrogen and oxygen atoms in total. The van der Waals surface area contributed by atoms with Gasteiger partial charge in [0.15, 0.2) is 0 Å². The third-order valence-corrected chi connectivity index (χ3v) is 10.3. The van der Waals surface area contributed by atoms with Gasteiger partial charge in [-0.3, -0.25) is 19.2 Å². The molecule has 2 N–H and O–H groups in total. The van der Waals surface area contributed by atoms with E-state index in [4.69, 9.17) is 33.5 Å². The number of hydrogen-bond donors (Lipinski definition) is 2. The Morgan fingerprint density at radius 2 is 0.914 bits per heavy atom. The highest BCUT2D eigenvalue weighted by Crippen LogP contribution is 2.45. The van der Waals surface area contributed by atoms with Gasteiger partial charge in [-0.1, -0.05) is 97.1 Å². The monoisotopic (exact) mass is 793 g/mol. The standard InChI is InChI=1S/C46H51NO11/c48-43(49)19-21-53-23-25-55-27-28-56-26-24-54-22-20-47-46(52)32(29-45(51)58-31-42-39-15-7-3-11-35(39)36-12-4-8-16-40(36)42)17-18-44(50)57-30-41-37-13-5-1-9-33(37)34-10-2-6-14-38(34)41/h1-16,32,41-42H,17-31H2,(H,47,52)(H,48,49)/t32-/m1/s1. The molecule has 0 radical (unpaired) electrons. The summed E-state index contributed by atoms with van der Waals surface area (Å²) in [7, 11) is 0. The molecule has 12 heteroatoms. The van der Waals surface area contributed by atoms with Crippen molar-refractivity contribution in [1.82, 2.24) is 5.32 Å². The topological polar surface area (TPSA) is 156 Å². The molecule has 2 aliphatic rings. The van der Waals surface area contributed by atoms with Crippen molar-refractivity contribution in [3.05, 3.63) is 119 Å². The van der Waals surface area contributed by atoms with Gasteiger partial charge in [0, 0.05) is 30.7 Å². The first kappa shape index (κ1) is 42.2. The van der Waals surface area contributed by atoms with Gasteiger partial charge in [0.05, 0.1) is 65.7 Å². The summed E-state index contributed by atoms with van der Waals surface area (Å²) in [5.74, 6) is -3.25. The Morgan fingerprint density at radius 3 is 1.36 bits per heavy atom. The van der Waals surface area contributed by atoms with Crippen LogP contribution in [0, 0.1) is 5.92 Å². The van der Waals surface area contributed by atoms with Gasteiger partial charge in [-0.15, -0.1) is 0 Å². The normalized spacial score (nSPS) is 13.2. The second kappa shape index (κ2) is 21.9. The molecule has 0 aromatic heterocycles. The maximum absolute atomic E-state index is 13.5. The van der Waals surface area contributed by atoms with Crippen molar-refractivity contribution >= 4 is 23.8 Å². The molecule has 0 bridgehead atoms. The van der Waals surface area contributed by atoms with Crippen molar-refractivity contribution in [3.63, 3.8) is 0 Å². The number of fused-ring (bicyclic) bond motifs is 6. The number of amides is 1. The van der Waals surface area contributed by atoms with Crippen LogP contribution in [0.15, 0.2) is 97.1 Å². The van der Waals surface area contributed by atoms with E-state index in [1.807, 2.05) is 48.5 Å². The summed E-state index contributed by atoms with van der Waals surface area (Å²) >= 11 is 0. The van der Waals surface area contributed by atoms with Crippen LogP contribution >= 0.6 is 0 Å². The van der Waals surface area contributed by atoms with Crippen LogP contribution < -0.4 is 5.32 Å². The molecule has 0 fully saturated rings. The molecule has 0 spiro atoms. The van der Waals surface area contributed by atoms with Crippen molar-refractivity contribution in [3.8, 4) is 22.3 Å². The molecule has 0 unspecified atom stereocenters. The number of aliphatic carboxylic acids is 1. The van der Waals surface area contributed by atoms with E-state index in [2.05, 4.69) is 53.8 Å². The van der Waals surface area contributed by atoms with Gasteiger partial charge in [-0.2, -0.15) is 0 Å². The van der Waals surface area contributed by atoms with Crippen LogP contribution in [0.4, 0.5) is 0 Å². The first-order valence-electron chi connectivity index (χ1n) is 19.9. The molecule has 306 valence electrons. The van der Waals surface area contributed by atoms with Gasteiger partial charge >= 0.3 is 17.9 Å². The Hall–Kier alpha value is -5.40. The Balaban J connectivity index is 0.953.